The number of aliphatic hydroxyl groups is 1. The third-order valence-corrected chi connectivity index (χ3v) is 10.1. The second kappa shape index (κ2) is 10.8. The largest absolute Gasteiger partial charge is 0.472 e. The lowest BCUT2D eigenvalue weighted by molar-refractivity contribution is -0.0634. The SMILES string of the molecule is Nc1nc2c(ncn2[C@@H]2O[C@@H]3COP(=O)(O)OC4C[C@H](n5ccc6ccccc65)O[C@@H]4COP(O)(=S)OC2C3O)c(=O)[nH]1. The molecular weight excluding hydrogens is 630 g/mol. The Bertz CT molecular complexity index is 1850. The summed E-state index contributed by atoms with van der Waals surface area (Å²) in [6.45, 7) is -5.12. The summed E-state index contributed by atoms with van der Waals surface area (Å²) >= 11 is 5.27. The van der Waals surface area contributed by atoms with Crippen molar-refractivity contribution >= 4 is 54.4 Å². The molecule has 6 heterocycles. The number of phosphoric ester groups is 1. The fourth-order valence-electron chi connectivity index (χ4n) is 5.53. The van der Waals surface area contributed by atoms with Crippen LogP contribution in [0.15, 0.2) is 47.7 Å². The number of H-pyrrole nitrogens is 1. The number of fused-ring (bicyclic) bond motifs is 5. The van der Waals surface area contributed by atoms with Crippen LogP contribution in [0.4, 0.5) is 5.95 Å². The molecule has 0 aliphatic carbocycles. The van der Waals surface area contributed by atoms with E-state index in [0.29, 0.717) is 0 Å². The van der Waals surface area contributed by atoms with Crippen LogP contribution in [-0.4, -0.2) is 82.7 Å². The van der Waals surface area contributed by atoms with Crippen LogP contribution in [0, 0.1) is 0 Å². The van der Waals surface area contributed by atoms with Gasteiger partial charge in [0.2, 0.25) is 5.95 Å². The number of nitrogens with zero attached hydrogens (tertiary/aromatic N) is 4. The van der Waals surface area contributed by atoms with Crippen molar-refractivity contribution in [1.29, 1.82) is 0 Å². The molecule has 1 aromatic carbocycles. The van der Waals surface area contributed by atoms with Crippen LogP contribution in [0.5, 0.6) is 0 Å². The molecule has 0 amide bonds. The van der Waals surface area contributed by atoms with Gasteiger partial charge in [-0.25, -0.2) is 9.55 Å². The van der Waals surface area contributed by atoms with E-state index in [4.69, 9.17) is 45.1 Å². The summed E-state index contributed by atoms with van der Waals surface area (Å²) in [4.78, 5) is 44.4. The number of hydrogen-bond acceptors (Lipinski definition) is 13. The molecule has 3 aliphatic heterocycles. The third kappa shape index (κ3) is 5.48. The molecule has 20 heteroatoms. The number of imidazole rings is 1. The maximum atomic E-state index is 13.1. The van der Waals surface area contributed by atoms with E-state index < -0.39 is 69.7 Å². The summed E-state index contributed by atoms with van der Waals surface area (Å²) in [6.07, 6.45) is -4.92. The minimum Gasteiger partial charge on any atom is -0.387 e. The number of phosphoric acid groups is 1. The van der Waals surface area contributed by atoms with Gasteiger partial charge in [-0.3, -0.25) is 27.9 Å². The van der Waals surface area contributed by atoms with Crippen molar-refractivity contribution in [3.05, 3.63) is 53.2 Å². The first-order chi connectivity index (χ1) is 20.5. The summed E-state index contributed by atoms with van der Waals surface area (Å²) in [5.74, 6) is -0.205. The summed E-state index contributed by atoms with van der Waals surface area (Å²) in [6, 6.07) is 9.54. The first-order valence-corrected chi connectivity index (χ1v) is 17.1. The molecule has 0 spiro atoms. The zero-order chi connectivity index (χ0) is 30.1. The molecule has 17 nitrogen and oxygen atoms in total. The Morgan fingerprint density at radius 1 is 1.05 bits per heavy atom. The minimum atomic E-state index is -4.75. The van der Waals surface area contributed by atoms with E-state index in [2.05, 4.69) is 15.0 Å². The molecule has 2 bridgehead atoms. The third-order valence-electron chi connectivity index (χ3n) is 7.49. The van der Waals surface area contributed by atoms with E-state index in [-0.39, 0.29) is 30.1 Å². The van der Waals surface area contributed by atoms with E-state index in [1.807, 2.05) is 41.1 Å². The molecule has 43 heavy (non-hydrogen) atoms. The number of hydrogen-bond donors (Lipinski definition) is 5. The summed E-state index contributed by atoms with van der Waals surface area (Å²) in [7, 11) is -4.75. The predicted octanol–water partition coefficient (Wildman–Crippen LogP) is 1.04. The number of aliphatic hydroxyl groups excluding tert-OH is 1. The fraction of sp³-hybridized carbons (Fsp3) is 0.435. The average Bonchev–Trinajstić information content (AvgIpc) is 3.71. The molecule has 4 aromatic rings. The summed E-state index contributed by atoms with van der Waals surface area (Å²) < 4.78 is 50.4. The van der Waals surface area contributed by atoms with Gasteiger partial charge in [-0.05, 0) is 29.3 Å². The van der Waals surface area contributed by atoms with Gasteiger partial charge in [0.1, 0.15) is 36.7 Å². The van der Waals surface area contributed by atoms with Crippen molar-refractivity contribution in [3.8, 4) is 0 Å². The number of anilines is 1. The second-order valence-corrected chi connectivity index (χ2v) is 14.4. The van der Waals surface area contributed by atoms with E-state index in [9.17, 15) is 24.3 Å². The molecule has 3 fully saturated rings. The van der Waals surface area contributed by atoms with Crippen LogP contribution in [0.1, 0.15) is 18.9 Å². The van der Waals surface area contributed by atoms with Crippen molar-refractivity contribution in [2.24, 2.45) is 0 Å². The van der Waals surface area contributed by atoms with Gasteiger partial charge in [0.15, 0.2) is 17.4 Å². The molecular formula is C23H26N6O11P2S. The number of rotatable bonds is 2. The van der Waals surface area contributed by atoms with E-state index in [1.54, 1.807) is 0 Å². The van der Waals surface area contributed by atoms with Crippen LogP contribution < -0.4 is 11.3 Å². The Hall–Kier alpha value is -2.57. The number of benzene rings is 1. The van der Waals surface area contributed by atoms with Gasteiger partial charge in [0.05, 0.1) is 25.1 Å². The fourth-order valence-corrected chi connectivity index (χ4v) is 7.91. The summed E-state index contributed by atoms with van der Waals surface area (Å²) in [5, 5.41) is 12.1. The van der Waals surface area contributed by atoms with Gasteiger partial charge in [0.25, 0.3) is 5.56 Å². The highest BCUT2D eigenvalue weighted by Gasteiger charge is 2.51. The molecule has 0 saturated carbocycles. The number of ether oxygens (including phenoxy) is 2. The second-order valence-electron chi connectivity index (χ2n) is 10.2. The van der Waals surface area contributed by atoms with Gasteiger partial charge in [-0.2, -0.15) is 4.98 Å². The normalized spacial score (nSPS) is 37.1. The lowest BCUT2D eigenvalue weighted by Crippen LogP contribution is -2.35. The van der Waals surface area contributed by atoms with E-state index in [0.717, 1.165) is 10.9 Å². The van der Waals surface area contributed by atoms with Crippen molar-refractivity contribution in [2.75, 3.05) is 18.9 Å². The number of nitrogen functional groups attached to an aromatic ring is 1. The zero-order valence-corrected chi connectivity index (χ0v) is 24.6. The van der Waals surface area contributed by atoms with Gasteiger partial charge in [0, 0.05) is 12.6 Å². The van der Waals surface area contributed by atoms with Crippen LogP contribution in [0.2, 0.25) is 0 Å². The number of aromatic amines is 1. The van der Waals surface area contributed by atoms with Crippen molar-refractivity contribution < 1.29 is 47.0 Å². The van der Waals surface area contributed by atoms with E-state index >= 15 is 0 Å². The molecule has 0 radical (unpaired) electrons. The predicted molar refractivity (Wildman–Crippen MR) is 151 cm³/mol. The van der Waals surface area contributed by atoms with Crippen LogP contribution in [0.25, 0.3) is 22.1 Å². The maximum absolute atomic E-state index is 13.1. The lowest BCUT2D eigenvalue weighted by atomic mass is 10.1. The Morgan fingerprint density at radius 2 is 1.84 bits per heavy atom. The molecule has 3 saturated heterocycles. The highest BCUT2D eigenvalue weighted by molar-refractivity contribution is 8.07. The topological polar surface area (TPSA) is 228 Å². The first kappa shape index (κ1) is 29.2. The van der Waals surface area contributed by atoms with Gasteiger partial charge in [-0.15, -0.1) is 0 Å². The van der Waals surface area contributed by atoms with Gasteiger partial charge >= 0.3 is 14.5 Å². The summed E-state index contributed by atoms with van der Waals surface area (Å²) in [5.41, 5.74) is 5.87. The number of nitrogens with one attached hydrogen (secondary N) is 1. The van der Waals surface area contributed by atoms with Crippen LogP contribution in [0.3, 0.4) is 0 Å². The number of nitrogens with two attached hydrogens (primary N) is 1. The zero-order valence-electron chi connectivity index (χ0n) is 22.0. The Kier molecular flexibility index (Phi) is 7.32. The highest BCUT2D eigenvalue weighted by atomic mass is 32.5. The Balaban J connectivity index is 1.19. The Labute approximate surface area is 246 Å². The highest BCUT2D eigenvalue weighted by Crippen LogP contribution is 2.53. The quantitative estimate of drug-likeness (QED) is 0.190. The smallest absolute Gasteiger partial charge is 0.387 e. The molecule has 9 atom stereocenters. The number of para-hydroxylation sites is 1. The first-order valence-electron chi connectivity index (χ1n) is 13.1. The monoisotopic (exact) mass is 656 g/mol. The lowest BCUT2D eigenvalue weighted by Gasteiger charge is -2.27. The molecule has 230 valence electrons. The number of aromatic nitrogens is 5. The minimum absolute atomic E-state index is 0.0103. The van der Waals surface area contributed by atoms with E-state index in [1.165, 1.54) is 10.9 Å². The molecule has 3 aliphatic rings. The van der Waals surface area contributed by atoms with Gasteiger partial charge < -0.3 is 39.2 Å². The van der Waals surface area contributed by atoms with Crippen molar-refractivity contribution in [1.82, 2.24) is 24.1 Å². The molecule has 3 aromatic heterocycles. The average molecular weight is 657 g/mol. The van der Waals surface area contributed by atoms with Crippen molar-refractivity contribution in [2.45, 2.75) is 49.4 Å². The molecule has 7 rings (SSSR count). The Morgan fingerprint density at radius 3 is 2.67 bits per heavy atom. The standard InChI is InChI=1S/C23H26N6O11P2S/c24-23-26-20-17(21(31)27-23)25-10-29(20)22-19-18(30)15(38-22)9-35-41(32,33)39-13-7-16(37-14(13)8-36-42(34,43)40-19)28-6-5-11-3-1-2-4-12(11)28/h1-6,10,13-16,18-19,22,30H,7-9H2,(H,32,33)(H,34,43)(H3,24,26,27,31)/t13?,14-,15-,16-,18?,19?,22-,42?/m1/s1. The van der Waals surface area contributed by atoms with Crippen LogP contribution in [-0.2, 0) is 43.9 Å². The van der Waals surface area contributed by atoms with Crippen molar-refractivity contribution in [3.63, 3.8) is 0 Å². The van der Waals surface area contributed by atoms with Crippen LogP contribution >= 0.6 is 14.5 Å². The molecule has 5 unspecified atom stereocenters. The molecule has 6 N–H and O–H groups in total. The maximum Gasteiger partial charge on any atom is 0.472 e. The van der Waals surface area contributed by atoms with Gasteiger partial charge in [-0.1, -0.05) is 18.2 Å².